The van der Waals surface area contributed by atoms with E-state index >= 15 is 0 Å². The first-order valence-corrected chi connectivity index (χ1v) is 8.21. The fourth-order valence-corrected chi connectivity index (χ4v) is 2.54. The predicted octanol–water partition coefficient (Wildman–Crippen LogP) is 2.84. The average Bonchev–Trinajstić information content (AvgIpc) is 3.19. The standard InChI is InChI=1S/C18H20N4O4/c1-5-24-18(23)15-8-16(22(4)20-15)14-9-19-17(6-11(14)2)25-10-13-7-12(3)26-21-13/h6-9H,5,10H2,1-4H3. The molecule has 0 fully saturated rings. The van der Waals surface area contributed by atoms with Crippen LogP contribution in [0.1, 0.15) is 34.4 Å². The Labute approximate surface area is 150 Å². The van der Waals surface area contributed by atoms with Crippen LogP contribution in [0.4, 0.5) is 0 Å². The van der Waals surface area contributed by atoms with Gasteiger partial charge in [0.05, 0.1) is 12.3 Å². The van der Waals surface area contributed by atoms with Gasteiger partial charge in [0, 0.05) is 30.9 Å². The third-order valence-electron chi connectivity index (χ3n) is 3.77. The molecule has 0 saturated heterocycles. The summed E-state index contributed by atoms with van der Waals surface area (Å²) in [5.74, 6) is 0.777. The van der Waals surface area contributed by atoms with Crippen molar-refractivity contribution in [3.8, 4) is 17.1 Å². The Hall–Kier alpha value is -3.16. The molecule has 0 N–H and O–H groups in total. The highest BCUT2D eigenvalue weighted by atomic mass is 16.5. The van der Waals surface area contributed by atoms with E-state index in [1.165, 1.54) is 0 Å². The number of pyridine rings is 1. The molecule has 0 bridgehead atoms. The van der Waals surface area contributed by atoms with E-state index in [0.717, 1.165) is 22.6 Å². The summed E-state index contributed by atoms with van der Waals surface area (Å²) in [4.78, 5) is 16.2. The summed E-state index contributed by atoms with van der Waals surface area (Å²) < 4.78 is 17.3. The largest absolute Gasteiger partial charge is 0.471 e. The second-order valence-corrected chi connectivity index (χ2v) is 5.81. The molecule has 0 aromatic carbocycles. The summed E-state index contributed by atoms with van der Waals surface area (Å²) in [5.41, 5.74) is 3.56. The minimum absolute atomic E-state index is 0.269. The van der Waals surface area contributed by atoms with E-state index in [4.69, 9.17) is 14.0 Å². The lowest BCUT2D eigenvalue weighted by atomic mass is 10.1. The minimum Gasteiger partial charge on any atom is -0.471 e. The van der Waals surface area contributed by atoms with E-state index in [9.17, 15) is 4.79 Å². The Morgan fingerprint density at radius 2 is 2.08 bits per heavy atom. The van der Waals surface area contributed by atoms with Crippen LogP contribution in [0, 0.1) is 13.8 Å². The molecule has 0 spiro atoms. The normalized spacial score (nSPS) is 10.8. The number of hydrogen-bond donors (Lipinski definition) is 0. The van der Waals surface area contributed by atoms with E-state index in [1.54, 1.807) is 30.9 Å². The van der Waals surface area contributed by atoms with E-state index in [-0.39, 0.29) is 12.3 Å². The zero-order chi connectivity index (χ0) is 18.7. The van der Waals surface area contributed by atoms with Gasteiger partial charge >= 0.3 is 5.97 Å². The maximum atomic E-state index is 11.9. The van der Waals surface area contributed by atoms with Gasteiger partial charge in [-0.25, -0.2) is 9.78 Å². The maximum Gasteiger partial charge on any atom is 0.358 e. The number of aryl methyl sites for hydroxylation is 3. The summed E-state index contributed by atoms with van der Waals surface area (Å²) in [5, 5.41) is 8.09. The van der Waals surface area contributed by atoms with E-state index < -0.39 is 5.97 Å². The van der Waals surface area contributed by atoms with Crippen molar-refractivity contribution >= 4 is 5.97 Å². The number of hydrogen-bond acceptors (Lipinski definition) is 7. The average molecular weight is 356 g/mol. The second-order valence-electron chi connectivity index (χ2n) is 5.81. The van der Waals surface area contributed by atoms with Crippen molar-refractivity contribution in [3.63, 3.8) is 0 Å². The minimum atomic E-state index is -0.442. The first kappa shape index (κ1) is 17.7. The molecule has 0 aliphatic rings. The molecule has 0 radical (unpaired) electrons. The predicted molar refractivity (Wildman–Crippen MR) is 92.7 cm³/mol. The van der Waals surface area contributed by atoms with Crippen LogP contribution < -0.4 is 4.74 Å². The summed E-state index contributed by atoms with van der Waals surface area (Å²) in [6.07, 6.45) is 1.70. The Balaban J connectivity index is 1.78. The van der Waals surface area contributed by atoms with Crippen LogP contribution in [0.2, 0.25) is 0 Å². The molecule has 3 aromatic rings. The molecule has 0 unspecified atom stereocenters. The van der Waals surface area contributed by atoms with Crippen LogP contribution in [0.25, 0.3) is 11.3 Å². The lowest BCUT2D eigenvalue weighted by Gasteiger charge is -2.08. The van der Waals surface area contributed by atoms with E-state index in [0.29, 0.717) is 18.2 Å². The number of rotatable bonds is 6. The van der Waals surface area contributed by atoms with Gasteiger partial charge in [-0.1, -0.05) is 5.16 Å². The zero-order valence-corrected chi connectivity index (χ0v) is 15.1. The highest BCUT2D eigenvalue weighted by molar-refractivity contribution is 5.88. The molecule has 0 atom stereocenters. The van der Waals surface area contributed by atoms with Crippen molar-refractivity contribution in [1.82, 2.24) is 19.9 Å². The Bertz CT molecular complexity index is 929. The SMILES string of the molecule is CCOC(=O)c1cc(-c2cnc(OCc3cc(C)on3)cc2C)n(C)n1. The fraction of sp³-hybridized carbons (Fsp3) is 0.333. The molecular weight excluding hydrogens is 336 g/mol. The lowest BCUT2D eigenvalue weighted by Crippen LogP contribution is -2.06. The van der Waals surface area contributed by atoms with Crippen LogP contribution >= 0.6 is 0 Å². The number of nitrogens with zero attached hydrogens (tertiary/aromatic N) is 4. The molecule has 136 valence electrons. The van der Waals surface area contributed by atoms with Crippen LogP contribution in [0.15, 0.2) is 28.9 Å². The maximum absolute atomic E-state index is 11.9. The van der Waals surface area contributed by atoms with Crippen LogP contribution in [-0.4, -0.2) is 32.5 Å². The molecule has 3 aromatic heterocycles. The highest BCUT2D eigenvalue weighted by Crippen LogP contribution is 2.26. The molecular formula is C18H20N4O4. The Morgan fingerprint density at radius 3 is 2.73 bits per heavy atom. The van der Waals surface area contributed by atoms with Crippen LogP contribution in [0.5, 0.6) is 5.88 Å². The molecule has 3 heterocycles. The van der Waals surface area contributed by atoms with Crippen molar-refractivity contribution in [2.24, 2.45) is 7.05 Å². The van der Waals surface area contributed by atoms with Crippen LogP contribution in [0.3, 0.4) is 0 Å². The monoisotopic (exact) mass is 356 g/mol. The van der Waals surface area contributed by atoms with Gasteiger partial charge in [-0.3, -0.25) is 4.68 Å². The third kappa shape index (κ3) is 3.74. The number of ether oxygens (including phenoxy) is 2. The van der Waals surface area contributed by atoms with Gasteiger partial charge in [-0.2, -0.15) is 5.10 Å². The first-order valence-electron chi connectivity index (χ1n) is 8.21. The number of carbonyl (C=O) groups is 1. The number of aromatic nitrogens is 4. The van der Waals surface area contributed by atoms with Gasteiger partial charge in [0.2, 0.25) is 5.88 Å². The summed E-state index contributed by atoms with van der Waals surface area (Å²) >= 11 is 0. The summed E-state index contributed by atoms with van der Waals surface area (Å²) in [7, 11) is 1.77. The topological polar surface area (TPSA) is 92.3 Å². The molecule has 0 aliphatic carbocycles. The molecule has 0 saturated carbocycles. The fourth-order valence-electron chi connectivity index (χ4n) is 2.54. The smallest absolute Gasteiger partial charge is 0.358 e. The van der Waals surface area contributed by atoms with Gasteiger partial charge in [0.25, 0.3) is 0 Å². The van der Waals surface area contributed by atoms with Gasteiger partial charge in [0.15, 0.2) is 5.69 Å². The number of esters is 1. The van der Waals surface area contributed by atoms with Crippen molar-refractivity contribution < 1.29 is 18.8 Å². The Morgan fingerprint density at radius 1 is 1.27 bits per heavy atom. The van der Waals surface area contributed by atoms with Crippen molar-refractivity contribution in [2.45, 2.75) is 27.4 Å². The lowest BCUT2D eigenvalue weighted by molar-refractivity contribution is 0.0518. The molecule has 26 heavy (non-hydrogen) atoms. The molecule has 3 rings (SSSR count). The molecule has 0 amide bonds. The van der Waals surface area contributed by atoms with Crippen molar-refractivity contribution in [2.75, 3.05) is 6.61 Å². The van der Waals surface area contributed by atoms with Gasteiger partial charge < -0.3 is 14.0 Å². The summed E-state index contributed by atoms with van der Waals surface area (Å²) in [6, 6.07) is 5.34. The quantitative estimate of drug-likeness (QED) is 0.627. The first-order chi connectivity index (χ1) is 12.5. The third-order valence-corrected chi connectivity index (χ3v) is 3.77. The number of carbonyl (C=O) groups excluding carboxylic acids is 1. The van der Waals surface area contributed by atoms with Crippen molar-refractivity contribution in [3.05, 3.63) is 47.1 Å². The summed E-state index contributed by atoms with van der Waals surface area (Å²) in [6.45, 7) is 6.12. The van der Waals surface area contributed by atoms with Gasteiger partial charge in [-0.15, -0.1) is 0 Å². The van der Waals surface area contributed by atoms with E-state index in [2.05, 4.69) is 15.2 Å². The Kier molecular flexibility index (Phi) is 5.01. The van der Waals surface area contributed by atoms with Crippen LogP contribution in [-0.2, 0) is 18.4 Å². The highest BCUT2D eigenvalue weighted by Gasteiger charge is 2.16. The molecule has 8 heteroatoms. The second kappa shape index (κ2) is 7.38. The van der Waals surface area contributed by atoms with E-state index in [1.807, 2.05) is 26.0 Å². The van der Waals surface area contributed by atoms with Crippen molar-refractivity contribution in [1.29, 1.82) is 0 Å². The zero-order valence-electron chi connectivity index (χ0n) is 15.1. The molecule has 0 aliphatic heterocycles. The van der Waals surface area contributed by atoms with Gasteiger partial charge in [-0.05, 0) is 32.4 Å². The molecule has 8 nitrogen and oxygen atoms in total. The van der Waals surface area contributed by atoms with Gasteiger partial charge in [0.1, 0.15) is 18.1 Å².